The number of benzene rings is 2. The van der Waals surface area contributed by atoms with Crippen molar-refractivity contribution in [3.05, 3.63) is 59.2 Å². The smallest absolute Gasteiger partial charge is 0.0741 e. The van der Waals surface area contributed by atoms with Gasteiger partial charge in [0.15, 0.2) is 0 Å². The third kappa shape index (κ3) is 2.23. The van der Waals surface area contributed by atoms with Gasteiger partial charge in [-0.1, -0.05) is 35.9 Å². The Kier molecular flexibility index (Phi) is 3.23. The molecule has 0 aliphatic carbocycles. The molecule has 3 aromatic rings. The normalized spacial score (nSPS) is 11.1. The molecule has 3 rings (SSSR count). The van der Waals surface area contributed by atoms with Crippen LogP contribution in [0.1, 0.15) is 5.56 Å². The molecule has 0 saturated carbocycles. The number of hydrogen-bond acceptors (Lipinski definition) is 2. The van der Waals surface area contributed by atoms with Crippen molar-refractivity contribution in [2.75, 3.05) is 6.54 Å². The predicted octanol–water partition coefficient (Wildman–Crippen LogP) is 3.18. The molecule has 0 spiro atoms. The number of halogens is 1. The Morgan fingerprint density at radius 1 is 1.16 bits per heavy atom. The van der Waals surface area contributed by atoms with Crippen molar-refractivity contribution in [1.82, 2.24) is 9.78 Å². The van der Waals surface area contributed by atoms with Crippen molar-refractivity contribution in [3.63, 3.8) is 0 Å². The first-order chi connectivity index (χ1) is 9.29. The van der Waals surface area contributed by atoms with Gasteiger partial charge in [0.25, 0.3) is 0 Å². The molecule has 0 bridgehead atoms. The van der Waals surface area contributed by atoms with Gasteiger partial charge in [-0.3, -0.25) is 0 Å². The van der Waals surface area contributed by atoms with Crippen LogP contribution in [0.2, 0.25) is 5.02 Å². The number of rotatable bonds is 3. The van der Waals surface area contributed by atoms with Gasteiger partial charge in [0.2, 0.25) is 0 Å². The number of hydrogen-bond donors (Lipinski definition) is 1. The highest BCUT2D eigenvalue weighted by Crippen LogP contribution is 2.23. The van der Waals surface area contributed by atoms with Crippen LogP contribution in [0.15, 0.2) is 48.7 Å². The highest BCUT2D eigenvalue weighted by Gasteiger charge is 2.06. The second-order valence-electron chi connectivity index (χ2n) is 4.43. The summed E-state index contributed by atoms with van der Waals surface area (Å²) in [5.74, 6) is 0. The number of aromatic nitrogens is 2. The lowest BCUT2D eigenvalue weighted by molar-refractivity contribution is 0.906. The van der Waals surface area contributed by atoms with E-state index < -0.39 is 0 Å². The summed E-state index contributed by atoms with van der Waals surface area (Å²) in [5, 5.41) is 6.27. The van der Waals surface area contributed by atoms with E-state index in [1.165, 1.54) is 0 Å². The Morgan fingerprint density at radius 3 is 2.79 bits per heavy atom. The number of para-hydroxylation sites is 1. The maximum Gasteiger partial charge on any atom is 0.0741 e. The minimum Gasteiger partial charge on any atom is -0.330 e. The van der Waals surface area contributed by atoms with Crippen LogP contribution in [-0.2, 0) is 6.42 Å². The van der Waals surface area contributed by atoms with Gasteiger partial charge in [0, 0.05) is 10.4 Å². The van der Waals surface area contributed by atoms with Crippen molar-refractivity contribution in [1.29, 1.82) is 0 Å². The van der Waals surface area contributed by atoms with Crippen LogP contribution in [0.3, 0.4) is 0 Å². The molecule has 0 atom stereocenters. The molecule has 19 heavy (non-hydrogen) atoms. The SMILES string of the molecule is NCCc1ccc(-n2ncc3ccccc32)cc1Cl. The largest absolute Gasteiger partial charge is 0.330 e. The van der Waals surface area contributed by atoms with Gasteiger partial charge in [-0.05, 0) is 36.7 Å². The molecule has 3 nitrogen and oxygen atoms in total. The maximum absolute atomic E-state index is 6.28. The fraction of sp³-hybridized carbons (Fsp3) is 0.133. The highest BCUT2D eigenvalue weighted by atomic mass is 35.5. The summed E-state index contributed by atoms with van der Waals surface area (Å²) in [6, 6.07) is 14.1. The lowest BCUT2D eigenvalue weighted by Crippen LogP contribution is -2.04. The van der Waals surface area contributed by atoms with Crippen molar-refractivity contribution in [2.24, 2.45) is 5.73 Å². The standard InChI is InChI=1S/C15H14ClN3/c16-14-9-13(6-5-11(14)7-8-17)19-15-4-2-1-3-12(15)10-18-19/h1-6,9-10H,7-8,17H2. The Hall–Kier alpha value is -1.84. The third-order valence-corrected chi connectivity index (χ3v) is 3.52. The van der Waals surface area contributed by atoms with E-state index in [9.17, 15) is 0 Å². The lowest BCUT2D eigenvalue weighted by atomic mass is 10.1. The molecule has 0 aliphatic heterocycles. The summed E-state index contributed by atoms with van der Waals surface area (Å²) >= 11 is 6.28. The van der Waals surface area contributed by atoms with Crippen molar-refractivity contribution >= 4 is 22.5 Å². The molecule has 96 valence electrons. The molecule has 0 saturated heterocycles. The Balaban J connectivity index is 2.09. The molecule has 1 aromatic heterocycles. The van der Waals surface area contributed by atoms with Crippen molar-refractivity contribution in [3.8, 4) is 5.69 Å². The third-order valence-electron chi connectivity index (χ3n) is 3.17. The second-order valence-corrected chi connectivity index (χ2v) is 4.84. The molecular formula is C15H14ClN3. The van der Waals surface area contributed by atoms with Crippen LogP contribution in [0.5, 0.6) is 0 Å². The molecule has 0 amide bonds. The molecule has 2 N–H and O–H groups in total. The quantitative estimate of drug-likeness (QED) is 0.795. The van der Waals surface area contributed by atoms with E-state index in [1.54, 1.807) is 0 Å². The van der Waals surface area contributed by atoms with E-state index in [0.29, 0.717) is 6.54 Å². The highest BCUT2D eigenvalue weighted by molar-refractivity contribution is 6.31. The minimum atomic E-state index is 0.601. The fourth-order valence-corrected chi connectivity index (χ4v) is 2.47. The number of nitrogens with two attached hydrogens (primary N) is 1. The summed E-state index contributed by atoms with van der Waals surface area (Å²) in [6.45, 7) is 0.601. The van der Waals surface area contributed by atoms with E-state index >= 15 is 0 Å². The molecule has 0 fully saturated rings. The topological polar surface area (TPSA) is 43.8 Å². The summed E-state index contributed by atoms with van der Waals surface area (Å²) in [7, 11) is 0. The summed E-state index contributed by atoms with van der Waals surface area (Å²) in [4.78, 5) is 0. The fourth-order valence-electron chi connectivity index (χ4n) is 2.20. The average molecular weight is 272 g/mol. The van der Waals surface area contributed by atoms with E-state index in [4.69, 9.17) is 17.3 Å². The predicted molar refractivity (Wildman–Crippen MR) is 78.8 cm³/mol. The monoisotopic (exact) mass is 271 g/mol. The van der Waals surface area contributed by atoms with Gasteiger partial charge in [-0.25, -0.2) is 4.68 Å². The molecule has 2 aromatic carbocycles. The molecule has 0 radical (unpaired) electrons. The molecule has 4 heteroatoms. The lowest BCUT2D eigenvalue weighted by Gasteiger charge is -2.07. The Labute approximate surface area is 116 Å². The van der Waals surface area contributed by atoms with Crippen molar-refractivity contribution < 1.29 is 0 Å². The van der Waals surface area contributed by atoms with Crippen LogP contribution in [0, 0.1) is 0 Å². The molecule has 0 unspecified atom stereocenters. The minimum absolute atomic E-state index is 0.601. The van der Waals surface area contributed by atoms with Crippen LogP contribution in [0.25, 0.3) is 16.6 Å². The summed E-state index contributed by atoms with van der Waals surface area (Å²) in [5.41, 5.74) is 8.67. The first kappa shape index (κ1) is 12.2. The van der Waals surface area contributed by atoms with Gasteiger partial charge in [-0.15, -0.1) is 0 Å². The average Bonchev–Trinajstić information content (AvgIpc) is 2.85. The van der Waals surface area contributed by atoms with Crippen LogP contribution >= 0.6 is 11.6 Å². The second kappa shape index (κ2) is 5.03. The van der Waals surface area contributed by atoms with Crippen LogP contribution < -0.4 is 5.73 Å². The van der Waals surface area contributed by atoms with Gasteiger partial charge >= 0.3 is 0 Å². The first-order valence-electron chi connectivity index (χ1n) is 6.21. The Bertz CT molecular complexity index is 718. The van der Waals surface area contributed by atoms with Gasteiger partial charge < -0.3 is 5.73 Å². The van der Waals surface area contributed by atoms with Crippen LogP contribution in [0.4, 0.5) is 0 Å². The van der Waals surface area contributed by atoms with E-state index in [2.05, 4.69) is 5.10 Å². The summed E-state index contributed by atoms with van der Waals surface area (Å²) < 4.78 is 1.90. The Morgan fingerprint density at radius 2 is 2.00 bits per heavy atom. The van der Waals surface area contributed by atoms with E-state index in [-0.39, 0.29) is 0 Å². The number of fused-ring (bicyclic) bond motifs is 1. The zero-order valence-corrected chi connectivity index (χ0v) is 11.1. The number of nitrogens with zero attached hydrogens (tertiary/aromatic N) is 2. The molecular weight excluding hydrogens is 258 g/mol. The molecule has 0 aliphatic rings. The van der Waals surface area contributed by atoms with Crippen molar-refractivity contribution in [2.45, 2.75) is 6.42 Å². The molecule has 1 heterocycles. The maximum atomic E-state index is 6.28. The van der Waals surface area contributed by atoms with E-state index in [0.717, 1.165) is 33.6 Å². The first-order valence-corrected chi connectivity index (χ1v) is 6.59. The zero-order chi connectivity index (χ0) is 13.2. The van der Waals surface area contributed by atoms with Gasteiger partial charge in [0.1, 0.15) is 0 Å². The van der Waals surface area contributed by atoms with Crippen LogP contribution in [-0.4, -0.2) is 16.3 Å². The van der Waals surface area contributed by atoms with E-state index in [1.807, 2.05) is 53.3 Å². The summed E-state index contributed by atoms with van der Waals surface area (Å²) in [6.07, 6.45) is 2.65. The zero-order valence-electron chi connectivity index (χ0n) is 10.4. The van der Waals surface area contributed by atoms with Gasteiger partial charge in [-0.2, -0.15) is 5.10 Å². The van der Waals surface area contributed by atoms with Gasteiger partial charge in [0.05, 0.1) is 17.4 Å².